The summed E-state index contributed by atoms with van der Waals surface area (Å²) in [6, 6.07) is 4.52. The van der Waals surface area contributed by atoms with E-state index in [1.807, 2.05) is 0 Å². The zero-order valence-corrected chi connectivity index (χ0v) is 13.4. The highest BCUT2D eigenvalue weighted by atomic mass is 32.2. The number of halogens is 1. The van der Waals surface area contributed by atoms with Crippen molar-refractivity contribution in [2.45, 2.75) is 23.8 Å². The molecule has 1 aromatic carbocycles. The molecule has 3 rings (SSSR count). The molecule has 8 heteroatoms. The average molecular weight is 336 g/mol. The number of benzene rings is 1. The van der Waals surface area contributed by atoms with E-state index in [4.69, 9.17) is 0 Å². The van der Waals surface area contributed by atoms with E-state index in [-0.39, 0.29) is 10.9 Å². The Kier molecular flexibility index (Phi) is 4.27. The second-order valence-corrected chi connectivity index (χ2v) is 7.20. The van der Waals surface area contributed by atoms with Crippen molar-refractivity contribution >= 4 is 15.8 Å². The number of hydrogen-bond donors (Lipinski definition) is 1. The first-order valence-corrected chi connectivity index (χ1v) is 8.73. The summed E-state index contributed by atoms with van der Waals surface area (Å²) in [6.45, 7) is 0.413. The molecule has 1 N–H and O–H groups in total. The lowest BCUT2D eigenvalue weighted by atomic mass is 10.2. The average Bonchev–Trinajstić information content (AvgIpc) is 3.06. The summed E-state index contributed by atoms with van der Waals surface area (Å²) in [4.78, 5) is 8.60. The molecule has 2 aromatic rings. The van der Waals surface area contributed by atoms with E-state index in [9.17, 15) is 12.8 Å². The topological polar surface area (TPSA) is 75.2 Å². The molecule has 0 amide bonds. The SMILES string of the molecule is CNc1cncc([C@@H]2CCCN2S(=O)(=O)c2ccc(F)cc2)n1. The van der Waals surface area contributed by atoms with Gasteiger partial charge in [0.15, 0.2) is 0 Å². The summed E-state index contributed by atoms with van der Waals surface area (Å²) in [5, 5.41) is 2.90. The molecule has 2 heterocycles. The van der Waals surface area contributed by atoms with E-state index in [1.54, 1.807) is 19.4 Å². The molecule has 122 valence electrons. The van der Waals surface area contributed by atoms with Crippen LogP contribution in [0.2, 0.25) is 0 Å². The summed E-state index contributed by atoms with van der Waals surface area (Å²) >= 11 is 0. The minimum atomic E-state index is -3.69. The highest BCUT2D eigenvalue weighted by Gasteiger charge is 2.37. The van der Waals surface area contributed by atoms with Crippen LogP contribution in [-0.2, 0) is 10.0 Å². The van der Waals surface area contributed by atoms with Crippen LogP contribution in [0.4, 0.5) is 10.2 Å². The fourth-order valence-electron chi connectivity index (χ4n) is 2.73. The smallest absolute Gasteiger partial charge is 0.243 e. The third-order valence-corrected chi connectivity index (χ3v) is 5.80. The van der Waals surface area contributed by atoms with Gasteiger partial charge in [-0.2, -0.15) is 4.31 Å². The van der Waals surface area contributed by atoms with Crippen molar-refractivity contribution in [3.8, 4) is 0 Å². The normalized spacial score (nSPS) is 19.0. The van der Waals surface area contributed by atoms with Crippen molar-refractivity contribution < 1.29 is 12.8 Å². The fraction of sp³-hybridized carbons (Fsp3) is 0.333. The van der Waals surface area contributed by atoms with Crippen molar-refractivity contribution in [1.82, 2.24) is 14.3 Å². The second kappa shape index (κ2) is 6.21. The number of nitrogens with one attached hydrogen (secondary N) is 1. The van der Waals surface area contributed by atoms with Crippen LogP contribution in [-0.4, -0.2) is 36.3 Å². The Balaban J connectivity index is 1.96. The van der Waals surface area contributed by atoms with Crippen LogP contribution < -0.4 is 5.32 Å². The molecule has 1 aliphatic rings. The Hall–Kier alpha value is -2.06. The first kappa shape index (κ1) is 15.8. The van der Waals surface area contributed by atoms with Gasteiger partial charge in [0.1, 0.15) is 11.6 Å². The summed E-state index contributed by atoms with van der Waals surface area (Å²) in [5.74, 6) is 0.128. The molecule has 23 heavy (non-hydrogen) atoms. The van der Waals surface area contributed by atoms with Crippen molar-refractivity contribution in [2.24, 2.45) is 0 Å². The number of anilines is 1. The molecule has 1 fully saturated rings. The molecular weight excluding hydrogens is 319 g/mol. The molecule has 1 aromatic heterocycles. The van der Waals surface area contributed by atoms with Crippen LogP contribution in [0.5, 0.6) is 0 Å². The van der Waals surface area contributed by atoms with Crippen molar-refractivity contribution in [2.75, 3.05) is 18.9 Å². The van der Waals surface area contributed by atoms with Gasteiger partial charge >= 0.3 is 0 Å². The van der Waals surface area contributed by atoms with Gasteiger partial charge in [0, 0.05) is 13.6 Å². The van der Waals surface area contributed by atoms with E-state index < -0.39 is 15.8 Å². The Morgan fingerprint density at radius 2 is 2.00 bits per heavy atom. The molecule has 6 nitrogen and oxygen atoms in total. The van der Waals surface area contributed by atoms with E-state index in [0.717, 1.165) is 18.6 Å². The molecular formula is C15H17FN4O2S. The molecule has 1 atom stereocenters. The van der Waals surface area contributed by atoms with E-state index in [1.165, 1.54) is 16.4 Å². The molecule has 0 radical (unpaired) electrons. The van der Waals surface area contributed by atoms with Gasteiger partial charge in [-0.05, 0) is 37.1 Å². The van der Waals surface area contributed by atoms with Gasteiger partial charge in [0.25, 0.3) is 0 Å². The minimum absolute atomic E-state index is 0.0866. The lowest BCUT2D eigenvalue weighted by Crippen LogP contribution is -2.31. The van der Waals surface area contributed by atoms with Gasteiger partial charge in [-0.1, -0.05) is 0 Å². The molecule has 0 spiro atoms. The maximum Gasteiger partial charge on any atom is 0.243 e. The van der Waals surface area contributed by atoms with Crippen LogP contribution in [0.25, 0.3) is 0 Å². The van der Waals surface area contributed by atoms with Crippen molar-refractivity contribution in [3.05, 3.63) is 48.2 Å². The minimum Gasteiger partial charge on any atom is -0.372 e. The lowest BCUT2D eigenvalue weighted by Gasteiger charge is -2.23. The zero-order chi connectivity index (χ0) is 16.4. The van der Waals surface area contributed by atoms with Gasteiger partial charge in [-0.15, -0.1) is 0 Å². The monoisotopic (exact) mass is 336 g/mol. The van der Waals surface area contributed by atoms with Gasteiger partial charge in [0.05, 0.1) is 29.0 Å². The maximum atomic E-state index is 13.0. The molecule has 1 saturated heterocycles. The molecule has 1 aliphatic heterocycles. The fourth-order valence-corrected chi connectivity index (χ4v) is 4.40. The third kappa shape index (κ3) is 3.04. The third-order valence-electron chi connectivity index (χ3n) is 3.87. The highest BCUT2D eigenvalue weighted by Crippen LogP contribution is 2.35. The number of rotatable bonds is 4. The Labute approximate surface area is 134 Å². The standard InChI is InChI=1S/C15H17FN4O2S/c1-17-15-10-18-9-13(19-15)14-3-2-8-20(14)23(21,22)12-6-4-11(16)5-7-12/h4-7,9-10,14H,2-3,8H2,1H3,(H,17,19)/t14-/m0/s1. The summed E-state index contributed by atoms with van der Waals surface area (Å²) in [7, 11) is -1.96. The quantitative estimate of drug-likeness (QED) is 0.926. The Morgan fingerprint density at radius 3 is 2.70 bits per heavy atom. The van der Waals surface area contributed by atoms with Crippen LogP contribution >= 0.6 is 0 Å². The second-order valence-electron chi connectivity index (χ2n) is 5.31. The largest absolute Gasteiger partial charge is 0.372 e. The van der Waals surface area contributed by atoms with Crippen molar-refractivity contribution in [3.63, 3.8) is 0 Å². The molecule has 0 unspecified atom stereocenters. The van der Waals surface area contributed by atoms with Gasteiger partial charge in [-0.3, -0.25) is 4.98 Å². The number of hydrogen-bond acceptors (Lipinski definition) is 5. The zero-order valence-electron chi connectivity index (χ0n) is 12.6. The summed E-state index contributed by atoms with van der Waals surface area (Å²) in [6.07, 6.45) is 4.60. The number of nitrogens with zero attached hydrogens (tertiary/aromatic N) is 3. The summed E-state index contributed by atoms with van der Waals surface area (Å²) < 4.78 is 40.1. The van der Waals surface area contributed by atoms with Gasteiger partial charge in [-0.25, -0.2) is 17.8 Å². The lowest BCUT2D eigenvalue weighted by molar-refractivity contribution is 0.390. The molecule has 0 saturated carbocycles. The Bertz CT molecular complexity index is 795. The van der Waals surface area contributed by atoms with E-state index in [0.29, 0.717) is 24.5 Å². The first-order valence-electron chi connectivity index (χ1n) is 7.29. The predicted octanol–water partition coefficient (Wildman–Crippen LogP) is 2.18. The number of aromatic nitrogens is 2. The van der Waals surface area contributed by atoms with Crippen molar-refractivity contribution in [1.29, 1.82) is 0 Å². The maximum absolute atomic E-state index is 13.0. The van der Waals surface area contributed by atoms with Gasteiger partial charge < -0.3 is 5.32 Å². The molecule has 0 bridgehead atoms. The van der Waals surface area contributed by atoms with Crippen LogP contribution in [0.3, 0.4) is 0 Å². The summed E-state index contributed by atoms with van der Waals surface area (Å²) in [5.41, 5.74) is 0.611. The van der Waals surface area contributed by atoms with Crippen LogP contribution in [0.1, 0.15) is 24.6 Å². The Morgan fingerprint density at radius 1 is 1.26 bits per heavy atom. The van der Waals surface area contributed by atoms with Gasteiger partial charge in [0.2, 0.25) is 10.0 Å². The van der Waals surface area contributed by atoms with Crippen LogP contribution in [0, 0.1) is 5.82 Å². The highest BCUT2D eigenvalue weighted by molar-refractivity contribution is 7.89. The predicted molar refractivity (Wildman–Crippen MR) is 83.8 cm³/mol. The van der Waals surface area contributed by atoms with E-state index >= 15 is 0 Å². The van der Waals surface area contributed by atoms with E-state index in [2.05, 4.69) is 15.3 Å². The molecule has 0 aliphatic carbocycles. The number of sulfonamides is 1. The first-order chi connectivity index (χ1) is 11.0. The van der Waals surface area contributed by atoms with Crippen LogP contribution in [0.15, 0.2) is 41.6 Å².